The van der Waals surface area contributed by atoms with E-state index in [1.165, 1.54) is 0 Å². The van der Waals surface area contributed by atoms with E-state index < -0.39 is 24.2 Å². The maximum atomic E-state index is 10.8. The number of nitrogens with one attached hydrogen (secondary N) is 1. The van der Waals surface area contributed by atoms with Gasteiger partial charge in [-0.15, -0.1) is 0 Å². The number of benzene rings is 1. The summed E-state index contributed by atoms with van der Waals surface area (Å²) in [6, 6.07) is 6.69. The van der Waals surface area contributed by atoms with E-state index in [0.717, 1.165) is 10.0 Å². The fourth-order valence-electron chi connectivity index (χ4n) is 1.92. The molecule has 0 bridgehead atoms. The maximum Gasteiger partial charge on any atom is 0.323 e. The Morgan fingerprint density at radius 3 is 2.94 bits per heavy atom. The molecule has 1 aromatic carbocycles. The van der Waals surface area contributed by atoms with E-state index in [1.807, 2.05) is 24.3 Å². The van der Waals surface area contributed by atoms with E-state index in [-0.39, 0.29) is 0 Å². The molecule has 0 saturated carbocycles. The molecule has 0 aliphatic carbocycles. The van der Waals surface area contributed by atoms with E-state index in [2.05, 4.69) is 21.2 Å². The first-order valence-corrected chi connectivity index (χ1v) is 6.37. The standard InChI is InChI=1S/C12H14BrNO4/c13-8-3-1-2-7(4-8)6-18-9-5-14-10(11(9)15)12(16)17/h1-4,9-11,14-15H,5-6H2,(H,16,17)/t9-,10-,11+/m0/s1. The van der Waals surface area contributed by atoms with E-state index in [1.54, 1.807) is 0 Å². The largest absolute Gasteiger partial charge is 0.480 e. The minimum Gasteiger partial charge on any atom is -0.480 e. The normalized spacial score (nSPS) is 27.3. The summed E-state index contributed by atoms with van der Waals surface area (Å²) >= 11 is 3.36. The van der Waals surface area contributed by atoms with Gasteiger partial charge in [0.25, 0.3) is 0 Å². The molecule has 1 aromatic rings. The van der Waals surface area contributed by atoms with Crippen molar-refractivity contribution in [2.24, 2.45) is 0 Å². The van der Waals surface area contributed by atoms with Crippen LogP contribution in [-0.2, 0) is 16.1 Å². The van der Waals surface area contributed by atoms with E-state index in [4.69, 9.17) is 9.84 Å². The van der Waals surface area contributed by atoms with Crippen LogP contribution in [0.5, 0.6) is 0 Å². The summed E-state index contributed by atoms with van der Waals surface area (Å²) in [6.07, 6.45) is -1.51. The van der Waals surface area contributed by atoms with Crippen LogP contribution < -0.4 is 5.32 Å². The van der Waals surface area contributed by atoms with Gasteiger partial charge in [0, 0.05) is 11.0 Å². The van der Waals surface area contributed by atoms with Crippen molar-refractivity contribution in [3.63, 3.8) is 0 Å². The summed E-state index contributed by atoms with van der Waals surface area (Å²) in [5, 5.41) is 21.3. The minimum absolute atomic E-state index is 0.339. The molecule has 0 unspecified atom stereocenters. The first-order chi connectivity index (χ1) is 8.58. The Morgan fingerprint density at radius 2 is 2.33 bits per heavy atom. The van der Waals surface area contributed by atoms with Gasteiger partial charge in [0.2, 0.25) is 0 Å². The van der Waals surface area contributed by atoms with Crippen molar-refractivity contribution in [2.45, 2.75) is 24.9 Å². The number of halogens is 1. The Bertz CT molecular complexity index is 440. The Balaban J connectivity index is 1.90. The van der Waals surface area contributed by atoms with Crippen LogP contribution >= 0.6 is 15.9 Å². The highest BCUT2D eigenvalue weighted by molar-refractivity contribution is 9.10. The van der Waals surface area contributed by atoms with Gasteiger partial charge in [-0.3, -0.25) is 10.1 Å². The predicted octanol–water partition coefficient (Wildman–Crippen LogP) is 0.752. The van der Waals surface area contributed by atoms with Gasteiger partial charge in [0.1, 0.15) is 12.1 Å². The summed E-state index contributed by atoms with van der Waals surface area (Å²) < 4.78 is 6.50. The number of aliphatic carboxylic acids is 1. The summed E-state index contributed by atoms with van der Waals surface area (Å²) in [5.74, 6) is -1.06. The second kappa shape index (κ2) is 5.79. The number of rotatable bonds is 4. The lowest BCUT2D eigenvalue weighted by atomic mass is 10.1. The van der Waals surface area contributed by atoms with Crippen molar-refractivity contribution in [1.29, 1.82) is 0 Å². The molecule has 2 rings (SSSR count). The Morgan fingerprint density at radius 1 is 1.56 bits per heavy atom. The third kappa shape index (κ3) is 3.08. The number of hydrogen-bond acceptors (Lipinski definition) is 4. The molecule has 5 nitrogen and oxygen atoms in total. The van der Waals surface area contributed by atoms with Crippen molar-refractivity contribution in [3.05, 3.63) is 34.3 Å². The van der Waals surface area contributed by atoms with E-state index in [0.29, 0.717) is 13.2 Å². The average Bonchev–Trinajstić information content (AvgIpc) is 2.68. The molecule has 0 amide bonds. The minimum atomic E-state index is -1.06. The molecule has 6 heteroatoms. The zero-order valence-electron chi connectivity index (χ0n) is 9.54. The Labute approximate surface area is 113 Å². The first-order valence-electron chi connectivity index (χ1n) is 5.58. The number of carboxylic acids is 1. The number of hydrogen-bond donors (Lipinski definition) is 3. The van der Waals surface area contributed by atoms with Crippen LogP contribution in [0, 0.1) is 0 Å². The molecule has 1 fully saturated rings. The van der Waals surface area contributed by atoms with Gasteiger partial charge in [-0.05, 0) is 17.7 Å². The molecule has 0 aromatic heterocycles. The van der Waals surface area contributed by atoms with E-state index >= 15 is 0 Å². The molecule has 1 heterocycles. The molecule has 3 atom stereocenters. The molecule has 1 saturated heterocycles. The highest BCUT2D eigenvalue weighted by atomic mass is 79.9. The van der Waals surface area contributed by atoms with Crippen LogP contribution in [0.1, 0.15) is 5.56 Å². The van der Waals surface area contributed by atoms with Crippen LogP contribution in [0.15, 0.2) is 28.7 Å². The lowest BCUT2D eigenvalue weighted by Gasteiger charge is -2.16. The summed E-state index contributed by atoms with van der Waals surface area (Å²) in [7, 11) is 0. The lowest BCUT2D eigenvalue weighted by Crippen LogP contribution is -2.40. The van der Waals surface area contributed by atoms with E-state index in [9.17, 15) is 9.90 Å². The first kappa shape index (κ1) is 13.5. The van der Waals surface area contributed by atoms with Crippen LogP contribution in [0.2, 0.25) is 0 Å². The summed E-state index contributed by atoms with van der Waals surface area (Å²) in [4.78, 5) is 10.8. The van der Waals surface area contributed by atoms with Gasteiger partial charge in [-0.2, -0.15) is 0 Å². The third-order valence-electron chi connectivity index (χ3n) is 2.88. The smallest absolute Gasteiger partial charge is 0.323 e. The predicted molar refractivity (Wildman–Crippen MR) is 68.2 cm³/mol. The molecule has 18 heavy (non-hydrogen) atoms. The SMILES string of the molecule is O=C(O)[C@H]1NC[C@H](OCc2cccc(Br)c2)[C@H]1O. The van der Waals surface area contributed by atoms with Crippen LogP contribution in [0.3, 0.4) is 0 Å². The molecule has 98 valence electrons. The number of ether oxygens (including phenoxy) is 1. The fourth-order valence-corrected chi connectivity index (χ4v) is 2.37. The molecular weight excluding hydrogens is 302 g/mol. The molecule has 3 N–H and O–H groups in total. The molecule has 0 spiro atoms. The zero-order chi connectivity index (χ0) is 13.1. The maximum absolute atomic E-state index is 10.8. The number of aliphatic hydroxyl groups excluding tert-OH is 1. The van der Waals surface area contributed by atoms with Crippen LogP contribution in [0.25, 0.3) is 0 Å². The Kier molecular flexibility index (Phi) is 4.34. The quantitative estimate of drug-likeness (QED) is 0.764. The van der Waals surface area contributed by atoms with Gasteiger partial charge >= 0.3 is 5.97 Å². The van der Waals surface area contributed by atoms with Gasteiger partial charge < -0.3 is 14.9 Å². The van der Waals surface area contributed by atoms with Gasteiger partial charge in [-0.25, -0.2) is 0 Å². The number of aliphatic hydroxyl groups is 1. The van der Waals surface area contributed by atoms with Gasteiger partial charge in [-0.1, -0.05) is 28.1 Å². The summed E-state index contributed by atoms with van der Waals surface area (Å²) in [5.41, 5.74) is 0.968. The van der Waals surface area contributed by atoms with Crippen LogP contribution in [0.4, 0.5) is 0 Å². The van der Waals surface area contributed by atoms with Crippen LogP contribution in [-0.4, -0.2) is 41.0 Å². The number of carbonyl (C=O) groups is 1. The van der Waals surface area contributed by atoms with Crippen molar-refractivity contribution < 1.29 is 19.7 Å². The highest BCUT2D eigenvalue weighted by Crippen LogP contribution is 2.16. The average molecular weight is 316 g/mol. The zero-order valence-corrected chi connectivity index (χ0v) is 11.1. The second-order valence-electron chi connectivity index (χ2n) is 4.19. The lowest BCUT2D eigenvalue weighted by molar-refractivity contribution is -0.142. The second-order valence-corrected chi connectivity index (χ2v) is 5.11. The topological polar surface area (TPSA) is 78.8 Å². The molecule has 1 aliphatic heterocycles. The van der Waals surface area contributed by atoms with Crippen molar-refractivity contribution in [3.8, 4) is 0 Å². The van der Waals surface area contributed by atoms with Crippen molar-refractivity contribution in [1.82, 2.24) is 5.32 Å². The van der Waals surface area contributed by atoms with Crippen molar-refractivity contribution in [2.75, 3.05) is 6.54 Å². The van der Waals surface area contributed by atoms with Gasteiger partial charge in [0.15, 0.2) is 0 Å². The molecular formula is C12H14BrNO4. The highest BCUT2D eigenvalue weighted by Gasteiger charge is 2.39. The monoisotopic (exact) mass is 315 g/mol. The van der Waals surface area contributed by atoms with Gasteiger partial charge in [0.05, 0.1) is 12.7 Å². The third-order valence-corrected chi connectivity index (χ3v) is 3.37. The number of carboxylic acid groups (broad SMARTS) is 1. The molecule has 0 radical (unpaired) electrons. The molecule has 1 aliphatic rings. The van der Waals surface area contributed by atoms with Crippen molar-refractivity contribution >= 4 is 21.9 Å². The summed E-state index contributed by atoms with van der Waals surface area (Å²) in [6.45, 7) is 0.682. The fraction of sp³-hybridized carbons (Fsp3) is 0.417. The Hall–Kier alpha value is -0.950.